The third-order valence-corrected chi connectivity index (χ3v) is 17.4. The van der Waals surface area contributed by atoms with Crippen LogP contribution in [-0.4, -0.2) is 18.6 Å². The zero-order chi connectivity index (χ0) is 40.2. The molecule has 0 fully saturated rings. The fourth-order valence-electron chi connectivity index (χ4n) is 9.73. The number of fused-ring (bicyclic) bond motifs is 10. The Morgan fingerprint density at radius 2 is 0.738 bits per heavy atom. The summed E-state index contributed by atoms with van der Waals surface area (Å²) >= 11 is 3.57. The van der Waals surface area contributed by atoms with Crippen LogP contribution in [0.2, 0.25) is 0 Å². The summed E-state index contributed by atoms with van der Waals surface area (Å²) in [6.45, 7) is 0. The predicted octanol–water partition coefficient (Wildman–Crippen LogP) is 13.5. The summed E-state index contributed by atoms with van der Waals surface area (Å²) in [5, 5.41) is 14.6. The molecule has 13 aromatic rings. The molecule has 288 valence electrons. The van der Waals surface area contributed by atoms with Crippen molar-refractivity contribution in [2.24, 2.45) is 0 Å². The number of para-hydroxylation sites is 2. The van der Waals surface area contributed by atoms with E-state index in [9.17, 15) is 4.89 Å². The van der Waals surface area contributed by atoms with Crippen LogP contribution in [0, 0.1) is 0 Å². The van der Waals surface area contributed by atoms with E-state index in [1.807, 2.05) is 36.4 Å². The molecule has 0 bridgehead atoms. The maximum absolute atomic E-state index is 12.8. The van der Waals surface area contributed by atoms with E-state index in [2.05, 4.69) is 182 Å². The van der Waals surface area contributed by atoms with Gasteiger partial charge in [-0.05, 0) is 143 Å². The molecule has 0 aliphatic heterocycles. The summed E-state index contributed by atoms with van der Waals surface area (Å²) in [5.74, 6) is 0. The highest BCUT2D eigenvalue weighted by atomic mass is 32.1. The molecule has 4 nitrogen and oxygen atoms in total. The van der Waals surface area contributed by atoms with Gasteiger partial charge in [0, 0.05) is 48.0 Å². The van der Waals surface area contributed by atoms with Gasteiger partial charge in [0.2, 0.25) is 7.49 Å². The Balaban J connectivity index is 1.06. The van der Waals surface area contributed by atoms with Crippen LogP contribution in [-0.2, 0) is 0 Å². The van der Waals surface area contributed by atoms with E-state index in [1.165, 1.54) is 69.3 Å². The van der Waals surface area contributed by atoms with Crippen molar-refractivity contribution in [2.45, 2.75) is 0 Å². The lowest BCUT2D eigenvalue weighted by molar-refractivity contribution is 0.633. The molecule has 0 amide bonds. The summed E-state index contributed by atoms with van der Waals surface area (Å²) < 4.78 is 9.86. The summed E-state index contributed by atoms with van der Waals surface area (Å²) in [6.07, 6.45) is 0. The van der Waals surface area contributed by atoms with Crippen LogP contribution in [0.1, 0.15) is 0 Å². The minimum atomic E-state index is -2.90. The van der Waals surface area contributed by atoms with E-state index in [-0.39, 0.29) is 0 Å². The van der Waals surface area contributed by atoms with Crippen LogP contribution in [0.3, 0.4) is 0 Å². The molecule has 1 N–H and O–H groups in total. The maximum atomic E-state index is 12.8. The molecule has 0 aliphatic carbocycles. The van der Waals surface area contributed by atoms with Crippen molar-refractivity contribution in [3.8, 4) is 17.1 Å². The van der Waals surface area contributed by atoms with Crippen LogP contribution >= 0.6 is 30.2 Å². The third kappa shape index (κ3) is 5.11. The van der Waals surface area contributed by atoms with Gasteiger partial charge in [0.15, 0.2) is 0 Å². The van der Waals surface area contributed by atoms with Gasteiger partial charge >= 0.3 is 0 Å². The lowest BCUT2D eigenvalue weighted by Gasteiger charge is -2.20. The van der Waals surface area contributed by atoms with Crippen molar-refractivity contribution in [3.63, 3.8) is 0 Å². The van der Waals surface area contributed by atoms with Gasteiger partial charge in [0.1, 0.15) is 15.9 Å². The van der Waals surface area contributed by atoms with Gasteiger partial charge < -0.3 is 13.7 Å². The molecule has 0 unspecified atom stereocenters. The van der Waals surface area contributed by atoms with Crippen molar-refractivity contribution in [1.82, 2.24) is 13.7 Å². The molecule has 0 saturated carbocycles. The Labute approximate surface area is 359 Å². The van der Waals surface area contributed by atoms with Gasteiger partial charge in [-0.2, -0.15) is 0 Å². The Morgan fingerprint density at radius 1 is 0.344 bits per heavy atom. The van der Waals surface area contributed by atoms with Crippen molar-refractivity contribution >= 4 is 121 Å². The van der Waals surface area contributed by atoms with E-state index in [4.69, 9.17) is 0 Å². The number of rotatable bonds is 6. The first-order valence-corrected chi connectivity index (χ1v) is 23.9. The highest BCUT2D eigenvalue weighted by molar-refractivity contribution is 7.91. The van der Waals surface area contributed by atoms with Crippen molar-refractivity contribution in [1.29, 1.82) is 0 Å². The second-order valence-corrected chi connectivity index (χ2v) is 20.4. The number of thiophene rings is 2. The summed E-state index contributed by atoms with van der Waals surface area (Å²) in [5.41, 5.74) is 10.4. The average Bonchev–Trinajstić information content (AvgIpc) is 4.16. The summed E-state index contributed by atoms with van der Waals surface area (Å²) in [7, 11) is -2.90. The SMILES string of the molecule is O[P+](c1ccccc1)(c1ccccc1)c1ccc(-n2c3cc4ccsc4cc3c3c2c2cc4sccc4cc2n3-c2ccc(-n3c4ccccc4c4ccccc43)cc2)cc1. The number of benzene rings is 8. The molecular formula is C54H35N3OPS2+. The van der Waals surface area contributed by atoms with E-state index < -0.39 is 7.49 Å². The molecule has 5 heterocycles. The number of nitrogens with zero attached hydrogens (tertiary/aromatic N) is 3. The van der Waals surface area contributed by atoms with Crippen molar-refractivity contribution in [2.75, 3.05) is 0 Å². The maximum Gasteiger partial charge on any atom is 0.238 e. The predicted molar refractivity (Wildman–Crippen MR) is 264 cm³/mol. The van der Waals surface area contributed by atoms with Crippen LogP contribution in [0.25, 0.3) is 91.9 Å². The Morgan fingerprint density at radius 3 is 1.21 bits per heavy atom. The molecule has 0 spiro atoms. The fourth-order valence-corrected chi connectivity index (χ4v) is 14.0. The van der Waals surface area contributed by atoms with Gasteiger partial charge in [-0.25, -0.2) is 4.89 Å². The van der Waals surface area contributed by atoms with Crippen LogP contribution < -0.4 is 15.9 Å². The van der Waals surface area contributed by atoms with Gasteiger partial charge in [-0.1, -0.05) is 72.8 Å². The van der Waals surface area contributed by atoms with Crippen molar-refractivity contribution < 1.29 is 4.89 Å². The van der Waals surface area contributed by atoms with Crippen LogP contribution in [0.15, 0.2) is 205 Å². The van der Waals surface area contributed by atoms with E-state index in [0.29, 0.717) is 0 Å². The Kier molecular flexibility index (Phi) is 7.67. The first kappa shape index (κ1) is 35.0. The minimum absolute atomic E-state index is 0.924. The highest BCUT2D eigenvalue weighted by Gasteiger charge is 2.44. The average molecular weight is 837 g/mol. The van der Waals surface area contributed by atoms with E-state index >= 15 is 0 Å². The van der Waals surface area contributed by atoms with Crippen LogP contribution in [0.5, 0.6) is 0 Å². The second kappa shape index (κ2) is 13.4. The molecule has 8 aromatic carbocycles. The first-order chi connectivity index (χ1) is 30.1. The summed E-state index contributed by atoms with van der Waals surface area (Å²) in [6, 6.07) is 69.5. The largest absolute Gasteiger partial charge is 0.309 e. The van der Waals surface area contributed by atoms with E-state index in [0.717, 1.165) is 38.5 Å². The quantitative estimate of drug-likeness (QED) is 0.166. The molecule has 7 heteroatoms. The monoisotopic (exact) mass is 836 g/mol. The molecule has 0 radical (unpaired) electrons. The third-order valence-electron chi connectivity index (χ3n) is 12.5. The van der Waals surface area contributed by atoms with Gasteiger partial charge in [0.25, 0.3) is 0 Å². The number of aromatic nitrogens is 3. The Bertz CT molecular complexity index is 3710. The highest BCUT2D eigenvalue weighted by Crippen LogP contribution is 2.51. The second-order valence-electron chi connectivity index (χ2n) is 15.7. The lowest BCUT2D eigenvalue weighted by atomic mass is 10.2. The molecule has 13 rings (SSSR count). The zero-order valence-corrected chi connectivity index (χ0v) is 35.2. The van der Waals surface area contributed by atoms with Gasteiger partial charge in [-0.3, -0.25) is 0 Å². The normalized spacial score (nSPS) is 12.3. The lowest BCUT2D eigenvalue weighted by Crippen LogP contribution is -2.30. The molecule has 0 aliphatic rings. The standard InChI is InChI=1S/C54H35N3OPS2/c58-59(40-11-3-1-4-12-40,41-13-5-2-6-14-41)42-25-23-39(24-26-42)57-50-32-36-28-30-61-52(36)34-46(50)53-54(57)45-33-51-35(27-29-60-51)31-49(45)56(53)38-21-19-37(20-22-38)55-47-17-9-7-15-43(47)44-16-8-10-18-48(44)55/h1-34,58H/q+1. The molecule has 0 atom stereocenters. The number of hydrogen-bond acceptors (Lipinski definition) is 3. The van der Waals surface area contributed by atoms with Crippen LogP contribution in [0.4, 0.5) is 0 Å². The smallest absolute Gasteiger partial charge is 0.238 e. The number of hydrogen-bond donors (Lipinski definition) is 1. The molecule has 0 saturated heterocycles. The Hall–Kier alpha value is -6.79. The first-order valence-electron chi connectivity index (χ1n) is 20.4. The van der Waals surface area contributed by atoms with Crippen molar-refractivity contribution in [3.05, 3.63) is 205 Å². The fraction of sp³-hybridized carbons (Fsp3) is 0. The van der Waals surface area contributed by atoms with Gasteiger partial charge in [0.05, 0.1) is 33.1 Å². The molecule has 61 heavy (non-hydrogen) atoms. The summed E-state index contributed by atoms with van der Waals surface area (Å²) in [4.78, 5) is 12.8. The van der Waals surface area contributed by atoms with E-state index in [1.54, 1.807) is 22.7 Å². The molecule has 5 aromatic heterocycles. The van der Waals surface area contributed by atoms with Gasteiger partial charge in [-0.15, -0.1) is 22.7 Å². The zero-order valence-electron chi connectivity index (χ0n) is 32.7. The molecular weight excluding hydrogens is 802 g/mol. The topological polar surface area (TPSA) is 35.0 Å². The minimum Gasteiger partial charge on any atom is -0.309 e.